The fourth-order valence-electron chi connectivity index (χ4n) is 3.20. The van der Waals surface area contributed by atoms with Crippen molar-refractivity contribution in [2.45, 2.75) is 37.1 Å². The predicted octanol–water partition coefficient (Wildman–Crippen LogP) is 2.12. The number of carbonyl (C=O) groups excluding carboxylic acids is 1. The van der Waals surface area contributed by atoms with Crippen LogP contribution in [0.2, 0.25) is 0 Å². The first kappa shape index (κ1) is 19.9. The quantitative estimate of drug-likeness (QED) is 0.553. The third kappa shape index (κ3) is 4.32. The number of hydrogen-bond acceptors (Lipinski definition) is 5. The van der Waals surface area contributed by atoms with Crippen LogP contribution in [0.5, 0.6) is 0 Å². The third-order valence-corrected chi connectivity index (χ3v) is 4.99. The normalized spacial score (nSPS) is 16.6. The molecule has 1 fully saturated rings. The fourth-order valence-corrected chi connectivity index (χ4v) is 3.20. The molecule has 0 saturated heterocycles. The van der Waals surface area contributed by atoms with Crippen LogP contribution in [0, 0.1) is 0 Å². The summed E-state index contributed by atoms with van der Waals surface area (Å²) in [6.07, 6.45) is -2.37. The molecule has 0 aromatic heterocycles. The zero-order valence-electron chi connectivity index (χ0n) is 15.2. The number of aliphatic carboxylic acids is 1. The maximum absolute atomic E-state index is 11.8. The SMILES string of the molecule is O=C(NCC(O)C(O)c1ccccc1C1(C(=O)O)CC1)OCc1ccccc1. The molecule has 0 radical (unpaired) electrons. The van der Waals surface area contributed by atoms with E-state index in [4.69, 9.17) is 4.74 Å². The Morgan fingerprint density at radius 3 is 2.32 bits per heavy atom. The van der Waals surface area contributed by atoms with E-state index in [-0.39, 0.29) is 13.2 Å². The van der Waals surface area contributed by atoms with Crippen LogP contribution in [0.25, 0.3) is 0 Å². The summed E-state index contributed by atoms with van der Waals surface area (Å²) in [5.74, 6) is -0.941. The Bertz CT molecular complexity index is 834. The highest BCUT2D eigenvalue weighted by molar-refractivity contribution is 5.85. The van der Waals surface area contributed by atoms with E-state index in [0.717, 1.165) is 5.56 Å². The van der Waals surface area contributed by atoms with Gasteiger partial charge in [-0.15, -0.1) is 0 Å². The molecule has 0 spiro atoms. The molecule has 0 bridgehead atoms. The van der Waals surface area contributed by atoms with Crippen LogP contribution in [-0.4, -0.2) is 40.0 Å². The van der Waals surface area contributed by atoms with Gasteiger partial charge >= 0.3 is 12.1 Å². The largest absolute Gasteiger partial charge is 0.481 e. The Hall–Kier alpha value is -2.90. The molecule has 2 aromatic rings. The lowest BCUT2D eigenvalue weighted by molar-refractivity contribution is -0.140. The lowest BCUT2D eigenvalue weighted by atomic mass is 9.87. The smallest absolute Gasteiger partial charge is 0.407 e. The molecule has 1 saturated carbocycles. The molecule has 2 atom stereocenters. The van der Waals surface area contributed by atoms with E-state index in [2.05, 4.69) is 5.32 Å². The van der Waals surface area contributed by atoms with Crippen molar-refractivity contribution < 1.29 is 29.6 Å². The summed E-state index contributed by atoms with van der Waals surface area (Å²) in [6.45, 7) is -0.140. The van der Waals surface area contributed by atoms with Gasteiger partial charge in [-0.25, -0.2) is 4.79 Å². The van der Waals surface area contributed by atoms with Crippen molar-refractivity contribution in [2.75, 3.05) is 6.54 Å². The number of alkyl carbamates (subject to hydrolysis) is 1. The Kier molecular flexibility index (Phi) is 5.96. The molecule has 2 unspecified atom stereocenters. The Balaban J connectivity index is 1.57. The lowest BCUT2D eigenvalue weighted by Gasteiger charge is -2.23. The van der Waals surface area contributed by atoms with Crippen LogP contribution in [-0.2, 0) is 21.6 Å². The molecule has 1 aliphatic rings. The highest BCUT2D eigenvalue weighted by Crippen LogP contribution is 2.50. The number of benzene rings is 2. The molecule has 4 N–H and O–H groups in total. The molecule has 148 valence electrons. The maximum atomic E-state index is 11.8. The number of carboxylic acid groups (broad SMARTS) is 1. The highest BCUT2D eigenvalue weighted by atomic mass is 16.5. The van der Waals surface area contributed by atoms with Gasteiger partial charge in [0.2, 0.25) is 0 Å². The van der Waals surface area contributed by atoms with Gasteiger partial charge in [0, 0.05) is 6.54 Å². The van der Waals surface area contributed by atoms with Crippen molar-refractivity contribution in [3.05, 3.63) is 71.3 Å². The number of hydrogen-bond donors (Lipinski definition) is 4. The topological polar surface area (TPSA) is 116 Å². The molecule has 1 aliphatic carbocycles. The first-order chi connectivity index (χ1) is 13.4. The number of aliphatic hydroxyl groups excluding tert-OH is 2. The Morgan fingerprint density at radius 1 is 1.04 bits per heavy atom. The molecule has 1 amide bonds. The molecular formula is C21H23NO6. The van der Waals surface area contributed by atoms with Crippen molar-refractivity contribution in [3.8, 4) is 0 Å². The number of nitrogens with one attached hydrogen (secondary N) is 1. The lowest BCUT2D eigenvalue weighted by Crippen LogP contribution is -2.36. The van der Waals surface area contributed by atoms with E-state index < -0.39 is 29.7 Å². The second-order valence-corrected chi connectivity index (χ2v) is 6.93. The third-order valence-electron chi connectivity index (χ3n) is 4.99. The van der Waals surface area contributed by atoms with Crippen LogP contribution in [0.4, 0.5) is 4.79 Å². The molecule has 0 heterocycles. The summed E-state index contributed by atoms with van der Waals surface area (Å²) in [5, 5.41) is 32.7. The van der Waals surface area contributed by atoms with Gasteiger partial charge in [0.1, 0.15) is 18.8 Å². The summed E-state index contributed by atoms with van der Waals surface area (Å²) < 4.78 is 5.06. The molecule has 28 heavy (non-hydrogen) atoms. The van der Waals surface area contributed by atoms with Crippen LogP contribution < -0.4 is 5.32 Å². The maximum Gasteiger partial charge on any atom is 0.407 e. The van der Waals surface area contributed by atoms with E-state index in [1.54, 1.807) is 24.3 Å². The highest BCUT2D eigenvalue weighted by Gasteiger charge is 2.53. The summed E-state index contributed by atoms with van der Waals surface area (Å²) in [7, 11) is 0. The average molecular weight is 385 g/mol. The predicted molar refractivity (Wildman–Crippen MR) is 101 cm³/mol. The minimum atomic E-state index is -1.33. The molecule has 2 aromatic carbocycles. The Morgan fingerprint density at radius 2 is 1.68 bits per heavy atom. The monoisotopic (exact) mass is 385 g/mol. The van der Waals surface area contributed by atoms with Crippen molar-refractivity contribution in [1.29, 1.82) is 0 Å². The summed E-state index contributed by atoms with van der Waals surface area (Å²) >= 11 is 0. The number of ether oxygens (including phenoxy) is 1. The van der Waals surface area contributed by atoms with Crippen molar-refractivity contribution in [2.24, 2.45) is 0 Å². The van der Waals surface area contributed by atoms with Crippen molar-refractivity contribution in [3.63, 3.8) is 0 Å². The molecule has 7 heteroatoms. The van der Waals surface area contributed by atoms with Crippen LogP contribution >= 0.6 is 0 Å². The first-order valence-corrected chi connectivity index (χ1v) is 9.07. The molecule has 7 nitrogen and oxygen atoms in total. The van der Waals surface area contributed by atoms with E-state index in [0.29, 0.717) is 24.0 Å². The van der Waals surface area contributed by atoms with Gasteiger partial charge in [0.25, 0.3) is 0 Å². The van der Waals surface area contributed by atoms with Gasteiger partial charge in [-0.2, -0.15) is 0 Å². The van der Waals surface area contributed by atoms with Crippen molar-refractivity contribution >= 4 is 12.1 Å². The molecule has 0 aliphatic heterocycles. The number of rotatable bonds is 8. The van der Waals surface area contributed by atoms with Crippen LogP contribution in [0.15, 0.2) is 54.6 Å². The second kappa shape index (κ2) is 8.41. The standard InChI is InChI=1S/C21H23NO6/c23-17(12-22-20(27)28-13-14-6-2-1-3-7-14)18(24)15-8-4-5-9-16(15)21(10-11-21)19(25)26/h1-9,17-18,23-24H,10-13H2,(H,22,27)(H,25,26). The van der Waals surface area contributed by atoms with Gasteiger partial charge in [0.05, 0.1) is 5.41 Å². The van der Waals surface area contributed by atoms with Gasteiger partial charge in [-0.1, -0.05) is 54.6 Å². The zero-order valence-corrected chi connectivity index (χ0v) is 15.2. The number of aliphatic hydroxyl groups is 2. The van der Waals surface area contributed by atoms with Gasteiger partial charge in [-0.05, 0) is 29.5 Å². The minimum absolute atomic E-state index is 0.0925. The van der Waals surface area contributed by atoms with Crippen LogP contribution in [0.1, 0.15) is 35.6 Å². The van der Waals surface area contributed by atoms with Crippen LogP contribution in [0.3, 0.4) is 0 Å². The van der Waals surface area contributed by atoms with E-state index in [9.17, 15) is 24.9 Å². The number of carbonyl (C=O) groups is 2. The molecule has 3 rings (SSSR count). The first-order valence-electron chi connectivity index (χ1n) is 9.07. The zero-order chi connectivity index (χ0) is 20.1. The van der Waals surface area contributed by atoms with E-state index in [1.807, 2.05) is 30.3 Å². The van der Waals surface area contributed by atoms with Gasteiger partial charge in [-0.3, -0.25) is 4.79 Å². The van der Waals surface area contributed by atoms with E-state index in [1.165, 1.54) is 0 Å². The summed E-state index contributed by atoms with van der Waals surface area (Å²) in [4.78, 5) is 23.4. The number of carboxylic acids is 1. The minimum Gasteiger partial charge on any atom is -0.481 e. The van der Waals surface area contributed by atoms with Gasteiger partial charge < -0.3 is 25.4 Å². The average Bonchev–Trinajstić information content (AvgIpc) is 3.53. The second-order valence-electron chi connectivity index (χ2n) is 6.93. The number of amides is 1. The summed E-state index contributed by atoms with van der Waals surface area (Å²) in [6, 6.07) is 15.8. The van der Waals surface area contributed by atoms with Gasteiger partial charge in [0.15, 0.2) is 0 Å². The summed E-state index contributed by atoms with van der Waals surface area (Å²) in [5.41, 5.74) is 0.685. The Labute approximate surface area is 162 Å². The van der Waals surface area contributed by atoms with Crippen molar-refractivity contribution in [1.82, 2.24) is 5.32 Å². The fraction of sp³-hybridized carbons (Fsp3) is 0.333. The molecular weight excluding hydrogens is 362 g/mol. The van der Waals surface area contributed by atoms with E-state index >= 15 is 0 Å².